The Morgan fingerprint density at radius 3 is 2.17 bits per heavy atom. The molecule has 1 amide bonds. The van der Waals surface area contributed by atoms with E-state index in [4.69, 9.17) is 16.3 Å². The van der Waals surface area contributed by atoms with Gasteiger partial charge >= 0.3 is 5.97 Å². The third-order valence-corrected chi connectivity index (χ3v) is 4.48. The van der Waals surface area contributed by atoms with Gasteiger partial charge in [0.25, 0.3) is 5.91 Å². The highest BCUT2D eigenvalue weighted by atomic mass is 35.5. The lowest BCUT2D eigenvalue weighted by molar-refractivity contribution is -0.123. The maximum atomic E-state index is 13.1. The Hall–Kier alpha value is -3.38. The minimum Gasteiger partial charge on any atom is -0.508 e. The fourth-order valence-electron chi connectivity index (χ4n) is 2.56. The molecule has 0 saturated carbocycles. The number of hydrogen-bond donors (Lipinski definition) is 2. The highest BCUT2D eigenvalue weighted by molar-refractivity contribution is 6.33. The summed E-state index contributed by atoms with van der Waals surface area (Å²) < 4.78 is 18.3. The van der Waals surface area contributed by atoms with Gasteiger partial charge in [0, 0.05) is 0 Å². The number of benzene rings is 3. The van der Waals surface area contributed by atoms with E-state index in [1.165, 1.54) is 13.0 Å². The number of carbonyl (C=O) groups is 2. The summed E-state index contributed by atoms with van der Waals surface area (Å²) >= 11 is 5.88. The maximum absolute atomic E-state index is 13.1. The van der Waals surface area contributed by atoms with Crippen LogP contribution >= 0.6 is 11.6 Å². The molecule has 0 saturated heterocycles. The number of rotatable bonds is 5. The van der Waals surface area contributed by atoms with Crippen LogP contribution in [0.15, 0.2) is 66.7 Å². The normalized spacial score (nSPS) is 11.6. The fraction of sp³-hybridized carbons (Fsp3) is 0.0909. The second-order valence-corrected chi connectivity index (χ2v) is 6.69. The Labute approximate surface area is 171 Å². The van der Waals surface area contributed by atoms with Gasteiger partial charge in [0.05, 0.1) is 16.3 Å². The zero-order valence-corrected chi connectivity index (χ0v) is 16.1. The van der Waals surface area contributed by atoms with Crippen LogP contribution < -0.4 is 5.32 Å². The number of ether oxygens (including phenoxy) is 1. The second-order valence-electron chi connectivity index (χ2n) is 6.29. The average molecular weight is 414 g/mol. The summed E-state index contributed by atoms with van der Waals surface area (Å²) in [5, 5.41) is 11.9. The summed E-state index contributed by atoms with van der Waals surface area (Å²) in [6.07, 6.45) is -1.08. The largest absolute Gasteiger partial charge is 0.508 e. The highest BCUT2D eigenvalue weighted by Crippen LogP contribution is 2.24. The number of hydrogen-bond acceptors (Lipinski definition) is 4. The van der Waals surface area contributed by atoms with E-state index in [1.54, 1.807) is 48.5 Å². The lowest BCUT2D eigenvalue weighted by atomic mass is 10.0. The van der Waals surface area contributed by atoms with Crippen molar-refractivity contribution in [2.75, 3.05) is 5.32 Å². The van der Waals surface area contributed by atoms with Crippen LogP contribution in [0.2, 0.25) is 5.02 Å². The van der Waals surface area contributed by atoms with Gasteiger partial charge in [-0.05, 0) is 60.5 Å². The van der Waals surface area contributed by atoms with E-state index in [2.05, 4.69) is 5.32 Å². The van der Waals surface area contributed by atoms with Crippen molar-refractivity contribution < 1.29 is 23.8 Å². The van der Waals surface area contributed by atoms with Crippen LogP contribution in [0.3, 0.4) is 0 Å². The van der Waals surface area contributed by atoms with Crippen LogP contribution in [-0.4, -0.2) is 23.1 Å². The first-order valence-corrected chi connectivity index (χ1v) is 9.07. The van der Waals surface area contributed by atoms with Crippen molar-refractivity contribution >= 4 is 29.2 Å². The van der Waals surface area contributed by atoms with Gasteiger partial charge in [-0.1, -0.05) is 35.9 Å². The molecule has 148 valence electrons. The summed E-state index contributed by atoms with van der Waals surface area (Å²) in [6.45, 7) is 1.43. The molecular weight excluding hydrogens is 397 g/mol. The minimum atomic E-state index is -1.08. The zero-order chi connectivity index (χ0) is 21.0. The molecular formula is C22H17ClFNO4. The van der Waals surface area contributed by atoms with Gasteiger partial charge in [0.2, 0.25) is 0 Å². The molecule has 0 aliphatic heterocycles. The second kappa shape index (κ2) is 8.75. The molecule has 2 N–H and O–H groups in total. The number of amides is 1. The third kappa shape index (κ3) is 5.12. The Bertz CT molecular complexity index is 1040. The molecule has 0 bridgehead atoms. The zero-order valence-electron chi connectivity index (χ0n) is 15.4. The van der Waals surface area contributed by atoms with Crippen LogP contribution in [0.25, 0.3) is 11.1 Å². The first kappa shape index (κ1) is 20.4. The van der Waals surface area contributed by atoms with E-state index in [9.17, 15) is 19.1 Å². The molecule has 0 aromatic heterocycles. The topological polar surface area (TPSA) is 75.6 Å². The Kier molecular flexibility index (Phi) is 6.14. The number of esters is 1. The van der Waals surface area contributed by atoms with Crippen LogP contribution in [-0.2, 0) is 9.53 Å². The molecule has 1 atom stereocenters. The number of phenols is 1. The van der Waals surface area contributed by atoms with Gasteiger partial charge in [-0.15, -0.1) is 0 Å². The van der Waals surface area contributed by atoms with Gasteiger partial charge in [-0.2, -0.15) is 0 Å². The average Bonchev–Trinajstić information content (AvgIpc) is 2.70. The smallest absolute Gasteiger partial charge is 0.338 e. The predicted molar refractivity (Wildman–Crippen MR) is 108 cm³/mol. The molecule has 0 aliphatic rings. The molecule has 3 aromatic carbocycles. The highest BCUT2D eigenvalue weighted by Gasteiger charge is 2.20. The number of carbonyl (C=O) groups excluding carboxylic acids is 2. The van der Waals surface area contributed by atoms with Gasteiger partial charge in [0.1, 0.15) is 11.6 Å². The van der Waals surface area contributed by atoms with Crippen molar-refractivity contribution in [1.29, 1.82) is 0 Å². The molecule has 1 unspecified atom stereocenters. The van der Waals surface area contributed by atoms with Crippen molar-refractivity contribution in [2.45, 2.75) is 13.0 Å². The summed E-state index contributed by atoms with van der Waals surface area (Å²) in [6, 6.07) is 16.9. The Balaban J connectivity index is 1.62. The number of anilines is 1. The van der Waals surface area contributed by atoms with E-state index >= 15 is 0 Å². The molecule has 0 spiro atoms. The Morgan fingerprint density at radius 2 is 1.59 bits per heavy atom. The number of phenolic OH excluding ortho intramolecular Hbond substituents is 1. The van der Waals surface area contributed by atoms with Crippen LogP contribution in [0.1, 0.15) is 17.3 Å². The quantitative estimate of drug-likeness (QED) is 0.575. The van der Waals surface area contributed by atoms with Crippen molar-refractivity contribution in [2.24, 2.45) is 0 Å². The molecule has 0 aliphatic carbocycles. The molecule has 7 heteroatoms. The maximum Gasteiger partial charge on any atom is 0.338 e. The van der Waals surface area contributed by atoms with Crippen molar-refractivity contribution in [3.8, 4) is 16.9 Å². The lowest BCUT2D eigenvalue weighted by Gasteiger charge is -2.14. The standard InChI is InChI=1S/C22H17ClFNO4/c1-13(21(27)25-20-11-8-17(24)12-19(20)23)29-22(28)16-4-2-14(3-5-16)15-6-9-18(26)10-7-15/h2-13,26H,1H3,(H,25,27). The molecule has 3 rings (SSSR count). The molecule has 3 aromatic rings. The third-order valence-electron chi connectivity index (χ3n) is 4.16. The summed E-state index contributed by atoms with van der Waals surface area (Å²) in [4.78, 5) is 24.5. The Morgan fingerprint density at radius 1 is 1.00 bits per heavy atom. The van der Waals surface area contributed by atoms with E-state index in [1.807, 2.05) is 0 Å². The van der Waals surface area contributed by atoms with E-state index < -0.39 is 23.8 Å². The summed E-state index contributed by atoms with van der Waals surface area (Å²) in [5.74, 6) is -1.60. The number of aromatic hydroxyl groups is 1. The summed E-state index contributed by atoms with van der Waals surface area (Å²) in [5.41, 5.74) is 2.25. The molecule has 29 heavy (non-hydrogen) atoms. The number of nitrogens with one attached hydrogen (secondary N) is 1. The van der Waals surface area contributed by atoms with E-state index in [0.29, 0.717) is 0 Å². The van der Waals surface area contributed by atoms with Crippen molar-refractivity contribution in [3.63, 3.8) is 0 Å². The van der Waals surface area contributed by atoms with Crippen molar-refractivity contribution in [3.05, 3.63) is 83.1 Å². The van der Waals surface area contributed by atoms with Crippen molar-refractivity contribution in [1.82, 2.24) is 0 Å². The van der Waals surface area contributed by atoms with Crippen LogP contribution in [0.4, 0.5) is 10.1 Å². The monoisotopic (exact) mass is 413 g/mol. The lowest BCUT2D eigenvalue weighted by Crippen LogP contribution is -2.30. The van der Waals surface area contributed by atoms with Crippen LogP contribution in [0, 0.1) is 5.82 Å². The summed E-state index contributed by atoms with van der Waals surface area (Å²) in [7, 11) is 0. The molecule has 0 heterocycles. The van der Waals surface area contributed by atoms with E-state index in [0.717, 1.165) is 23.3 Å². The molecule has 5 nitrogen and oxygen atoms in total. The van der Waals surface area contributed by atoms with E-state index in [-0.39, 0.29) is 22.0 Å². The SMILES string of the molecule is CC(OC(=O)c1ccc(-c2ccc(O)cc2)cc1)C(=O)Nc1ccc(F)cc1Cl. The van der Waals surface area contributed by atoms with Gasteiger partial charge in [0.15, 0.2) is 6.10 Å². The first-order chi connectivity index (χ1) is 13.8. The van der Waals surface area contributed by atoms with Gasteiger partial charge in [-0.25, -0.2) is 9.18 Å². The van der Waals surface area contributed by atoms with Gasteiger partial charge < -0.3 is 15.2 Å². The predicted octanol–water partition coefficient (Wildman–Crippen LogP) is 5.04. The first-order valence-electron chi connectivity index (χ1n) is 8.70. The van der Waals surface area contributed by atoms with Gasteiger partial charge in [-0.3, -0.25) is 4.79 Å². The molecule has 0 radical (unpaired) electrons. The molecule has 0 fully saturated rings. The van der Waals surface area contributed by atoms with Crippen LogP contribution in [0.5, 0.6) is 5.75 Å². The minimum absolute atomic E-state index is 0.0432. The number of halogens is 2. The fourth-order valence-corrected chi connectivity index (χ4v) is 2.77.